The molecular weight excluding hydrogens is 334 g/mol. The van der Waals surface area contributed by atoms with E-state index in [9.17, 15) is 9.59 Å². The van der Waals surface area contributed by atoms with Gasteiger partial charge in [-0.2, -0.15) is 0 Å². The lowest BCUT2D eigenvalue weighted by atomic mass is 10.1. The van der Waals surface area contributed by atoms with Crippen LogP contribution in [0.25, 0.3) is 11.0 Å². The lowest BCUT2D eigenvalue weighted by molar-refractivity contribution is -0.151. The van der Waals surface area contributed by atoms with Crippen molar-refractivity contribution in [3.8, 4) is 0 Å². The number of fused-ring (bicyclic) bond motifs is 1. The van der Waals surface area contributed by atoms with Crippen molar-refractivity contribution in [1.29, 1.82) is 0 Å². The monoisotopic (exact) mass is 355 g/mol. The Morgan fingerprint density at radius 2 is 1.96 bits per heavy atom. The van der Waals surface area contributed by atoms with Gasteiger partial charge in [-0.1, -0.05) is 12.1 Å². The van der Waals surface area contributed by atoms with Crippen molar-refractivity contribution in [3.05, 3.63) is 59.2 Å². The van der Waals surface area contributed by atoms with Crippen LogP contribution in [0.4, 0.5) is 0 Å². The van der Waals surface area contributed by atoms with Crippen LogP contribution in [0, 0.1) is 13.8 Å². The average molecular weight is 355 g/mol. The summed E-state index contributed by atoms with van der Waals surface area (Å²) in [6.45, 7) is 3.84. The number of nitrogens with zero attached hydrogens (tertiary/aromatic N) is 1. The van der Waals surface area contributed by atoms with Crippen molar-refractivity contribution in [3.63, 3.8) is 0 Å². The van der Waals surface area contributed by atoms with Crippen LogP contribution in [0.1, 0.15) is 22.6 Å². The molecule has 0 fully saturated rings. The van der Waals surface area contributed by atoms with E-state index in [0.29, 0.717) is 12.3 Å². The third-order valence-corrected chi connectivity index (χ3v) is 4.12. The summed E-state index contributed by atoms with van der Waals surface area (Å²) in [6, 6.07) is 9.45. The van der Waals surface area contributed by atoms with Gasteiger partial charge in [0.25, 0.3) is 5.91 Å². The van der Waals surface area contributed by atoms with Crippen LogP contribution in [-0.2, 0) is 27.3 Å². The van der Waals surface area contributed by atoms with E-state index in [1.54, 1.807) is 13.3 Å². The molecule has 0 aliphatic heterocycles. The predicted octanol–water partition coefficient (Wildman–Crippen LogP) is 3.39. The molecule has 6 nitrogen and oxygen atoms in total. The molecule has 0 aliphatic carbocycles. The number of hydrogen-bond donors (Lipinski definition) is 0. The minimum atomic E-state index is -0.469. The summed E-state index contributed by atoms with van der Waals surface area (Å²) in [7, 11) is 1.64. The number of rotatable bonds is 6. The Bertz CT molecular complexity index is 937. The minimum absolute atomic E-state index is 0.0600. The van der Waals surface area contributed by atoms with E-state index in [1.807, 2.05) is 44.2 Å². The van der Waals surface area contributed by atoms with Crippen molar-refractivity contribution >= 4 is 22.8 Å². The molecule has 0 saturated heterocycles. The standard InChI is InChI=1S/C20H21NO5/c1-13-4-7-17-15(11-24-18(17)8-13)9-20(23)25-12-19(22)21(3)10-16-6-5-14(2)26-16/h4-8,11H,9-10,12H2,1-3H3. The van der Waals surface area contributed by atoms with Gasteiger partial charge in [0, 0.05) is 18.0 Å². The zero-order valence-corrected chi connectivity index (χ0v) is 15.1. The van der Waals surface area contributed by atoms with Gasteiger partial charge in [-0.15, -0.1) is 0 Å². The molecule has 0 spiro atoms. The first-order chi connectivity index (χ1) is 12.4. The van der Waals surface area contributed by atoms with E-state index in [-0.39, 0.29) is 18.9 Å². The summed E-state index contributed by atoms with van der Waals surface area (Å²) in [5.74, 6) is 0.712. The fraction of sp³-hybridized carbons (Fsp3) is 0.300. The van der Waals surface area contributed by atoms with Crippen molar-refractivity contribution in [2.45, 2.75) is 26.8 Å². The smallest absolute Gasteiger partial charge is 0.310 e. The van der Waals surface area contributed by atoms with Gasteiger partial charge in [0.2, 0.25) is 0 Å². The highest BCUT2D eigenvalue weighted by Gasteiger charge is 2.16. The number of hydrogen-bond acceptors (Lipinski definition) is 5. The summed E-state index contributed by atoms with van der Waals surface area (Å²) >= 11 is 0. The number of carbonyl (C=O) groups excluding carboxylic acids is 2. The molecular formula is C20H21NO5. The Morgan fingerprint density at radius 1 is 1.15 bits per heavy atom. The van der Waals surface area contributed by atoms with Gasteiger partial charge in [-0.3, -0.25) is 9.59 Å². The maximum absolute atomic E-state index is 12.1. The first-order valence-corrected chi connectivity index (χ1v) is 8.34. The second-order valence-corrected chi connectivity index (χ2v) is 6.36. The van der Waals surface area contributed by atoms with E-state index >= 15 is 0 Å². The predicted molar refractivity (Wildman–Crippen MR) is 95.5 cm³/mol. The minimum Gasteiger partial charge on any atom is -0.464 e. The number of furan rings is 2. The zero-order chi connectivity index (χ0) is 18.7. The van der Waals surface area contributed by atoms with Crippen molar-refractivity contribution in [2.24, 2.45) is 0 Å². The second kappa shape index (κ2) is 7.47. The number of likely N-dealkylation sites (N-methyl/N-ethyl adjacent to an activating group) is 1. The van der Waals surface area contributed by atoms with Gasteiger partial charge in [-0.05, 0) is 37.6 Å². The number of carbonyl (C=O) groups is 2. The van der Waals surface area contributed by atoms with Crippen molar-refractivity contribution in [2.75, 3.05) is 13.7 Å². The van der Waals surface area contributed by atoms with Gasteiger partial charge in [0.05, 0.1) is 19.2 Å². The van der Waals surface area contributed by atoms with Crippen LogP contribution >= 0.6 is 0 Å². The summed E-state index contributed by atoms with van der Waals surface area (Å²) in [5.41, 5.74) is 2.57. The summed E-state index contributed by atoms with van der Waals surface area (Å²) in [6.07, 6.45) is 1.61. The van der Waals surface area contributed by atoms with Gasteiger partial charge in [-0.25, -0.2) is 0 Å². The number of amides is 1. The van der Waals surface area contributed by atoms with Crippen molar-refractivity contribution in [1.82, 2.24) is 4.90 Å². The first-order valence-electron chi connectivity index (χ1n) is 8.34. The molecule has 136 valence electrons. The summed E-state index contributed by atoms with van der Waals surface area (Å²) in [4.78, 5) is 25.6. The highest BCUT2D eigenvalue weighted by molar-refractivity contribution is 5.87. The normalized spacial score (nSPS) is 10.9. The fourth-order valence-electron chi connectivity index (χ4n) is 2.68. The van der Waals surface area contributed by atoms with Gasteiger partial charge in [0.15, 0.2) is 6.61 Å². The molecule has 3 rings (SSSR count). The maximum Gasteiger partial charge on any atom is 0.310 e. The molecule has 0 N–H and O–H groups in total. The van der Waals surface area contributed by atoms with Crippen molar-refractivity contribution < 1.29 is 23.2 Å². The Morgan fingerprint density at radius 3 is 2.69 bits per heavy atom. The van der Waals surface area contributed by atoms with E-state index in [4.69, 9.17) is 13.6 Å². The van der Waals surface area contributed by atoms with E-state index in [0.717, 1.165) is 27.9 Å². The molecule has 0 radical (unpaired) electrons. The van der Waals surface area contributed by atoms with Gasteiger partial charge in [0.1, 0.15) is 17.1 Å². The third-order valence-electron chi connectivity index (χ3n) is 4.12. The number of esters is 1. The van der Waals surface area contributed by atoms with Crippen LogP contribution in [0.15, 0.2) is 45.4 Å². The topological polar surface area (TPSA) is 72.9 Å². The zero-order valence-electron chi connectivity index (χ0n) is 15.1. The molecule has 0 bridgehead atoms. The molecule has 1 amide bonds. The molecule has 6 heteroatoms. The largest absolute Gasteiger partial charge is 0.464 e. The Kier molecular flexibility index (Phi) is 5.11. The van der Waals surface area contributed by atoms with E-state index in [2.05, 4.69) is 0 Å². The Hall–Kier alpha value is -3.02. The van der Waals surface area contributed by atoms with Gasteiger partial charge < -0.3 is 18.5 Å². The second-order valence-electron chi connectivity index (χ2n) is 6.36. The molecule has 3 aromatic rings. The summed E-state index contributed by atoms with van der Waals surface area (Å²) in [5, 5.41) is 0.879. The van der Waals surface area contributed by atoms with E-state index in [1.165, 1.54) is 4.90 Å². The van der Waals surface area contributed by atoms with Crippen LogP contribution < -0.4 is 0 Å². The van der Waals surface area contributed by atoms with E-state index < -0.39 is 5.97 Å². The quantitative estimate of drug-likeness (QED) is 0.634. The third kappa shape index (κ3) is 4.14. The molecule has 2 heterocycles. The average Bonchev–Trinajstić information content (AvgIpc) is 3.18. The molecule has 2 aromatic heterocycles. The van der Waals surface area contributed by atoms with Crippen LogP contribution in [0.5, 0.6) is 0 Å². The molecule has 0 aliphatic rings. The molecule has 0 unspecified atom stereocenters. The van der Waals surface area contributed by atoms with Crippen LogP contribution in [0.2, 0.25) is 0 Å². The Balaban J connectivity index is 1.52. The molecule has 1 aromatic carbocycles. The highest BCUT2D eigenvalue weighted by atomic mass is 16.5. The fourth-order valence-corrected chi connectivity index (χ4v) is 2.68. The number of aryl methyl sites for hydroxylation is 2. The lowest BCUT2D eigenvalue weighted by Crippen LogP contribution is -2.30. The first kappa shape index (κ1) is 17.8. The number of benzene rings is 1. The molecule has 26 heavy (non-hydrogen) atoms. The number of ether oxygens (including phenoxy) is 1. The molecule has 0 saturated carbocycles. The SMILES string of the molecule is Cc1ccc2c(CC(=O)OCC(=O)N(C)Cc3ccc(C)o3)coc2c1. The maximum atomic E-state index is 12.1. The lowest BCUT2D eigenvalue weighted by Gasteiger charge is -2.15. The highest BCUT2D eigenvalue weighted by Crippen LogP contribution is 2.23. The van der Waals surface area contributed by atoms with Crippen LogP contribution in [0.3, 0.4) is 0 Å². The Labute approximate surface area is 151 Å². The molecule has 0 atom stereocenters. The summed E-state index contributed by atoms with van der Waals surface area (Å²) < 4.78 is 16.0. The van der Waals surface area contributed by atoms with Gasteiger partial charge >= 0.3 is 5.97 Å². The van der Waals surface area contributed by atoms with Crippen LogP contribution in [-0.4, -0.2) is 30.4 Å².